The molecule has 0 radical (unpaired) electrons. The SMILES string of the molecule is CCN(CC)S(=O)(=O)c1ccc(C(O)=C2C(=O)C(=O)N(CCCOC)C2c2ccc(F)cc2)cc1. The van der Waals surface area contributed by atoms with Crippen LogP contribution in [0.3, 0.4) is 0 Å². The number of rotatable bonds is 10. The number of ketones is 1. The van der Waals surface area contributed by atoms with Crippen LogP contribution in [-0.4, -0.2) is 67.8 Å². The van der Waals surface area contributed by atoms with Crippen molar-refractivity contribution in [3.8, 4) is 0 Å². The molecule has 8 nitrogen and oxygen atoms in total. The van der Waals surface area contributed by atoms with Gasteiger partial charge < -0.3 is 14.7 Å². The number of likely N-dealkylation sites (tertiary alicyclic amines) is 1. The van der Waals surface area contributed by atoms with Gasteiger partial charge in [-0.1, -0.05) is 26.0 Å². The maximum absolute atomic E-state index is 13.6. The molecule has 1 heterocycles. The summed E-state index contributed by atoms with van der Waals surface area (Å²) in [5, 5.41) is 11.1. The molecule has 1 N–H and O–H groups in total. The highest BCUT2D eigenvalue weighted by Gasteiger charge is 2.45. The molecule has 1 aliphatic heterocycles. The van der Waals surface area contributed by atoms with E-state index >= 15 is 0 Å². The zero-order valence-electron chi connectivity index (χ0n) is 19.9. The monoisotopic (exact) mass is 504 g/mol. The number of methoxy groups -OCH3 is 1. The van der Waals surface area contributed by atoms with Gasteiger partial charge in [0.05, 0.1) is 16.5 Å². The van der Waals surface area contributed by atoms with Gasteiger partial charge in [-0.25, -0.2) is 12.8 Å². The first kappa shape index (κ1) is 26.5. The molecule has 3 rings (SSSR count). The van der Waals surface area contributed by atoms with Crippen molar-refractivity contribution in [1.29, 1.82) is 0 Å². The number of nitrogens with zero attached hydrogens (tertiary/aromatic N) is 2. The third-order valence-electron chi connectivity index (χ3n) is 5.94. The number of amides is 1. The summed E-state index contributed by atoms with van der Waals surface area (Å²) in [6.45, 7) is 4.65. The van der Waals surface area contributed by atoms with Crippen molar-refractivity contribution in [2.45, 2.75) is 31.2 Å². The van der Waals surface area contributed by atoms with E-state index in [-0.39, 0.29) is 22.6 Å². The summed E-state index contributed by atoms with van der Waals surface area (Å²) in [4.78, 5) is 27.2. The van der Waals surface area contributed by atoms with E-state index in [1.807, 2.05) is 0 Å². The maximum atomic E-state index is 13.6. The van der Waals surface area contributed by atoms with Crippen LogP contribution in [-0.2, 0) is 24.3 Å². The molecule has 0 saturated carbocycles. The van der Waals surface area contributed by atoms with E-state index in [0.717, 1.165) is 0 Å². The molecule has 1 fully saturated rings. The Labute approximate surface area is 204 Å². The van der Waals surface area contributed by atoms with Crippen LogP contribution in [0.5, 0.6) is 0 Å². The van der Waals surface area contributed by atoms with E-state index < -0.39 is 39.3 Å². The first-order chi connectivity index (χ1) is 16.7. The van der Waals surface area contributed by atoms with E-state index in [1.165, 1.54) is 64.8 Å². The van der Waals surface area contributed by atoms with E-state index in [4.69, 9.17) is 4.74 Å². The molecule has 10 heteroatoms. The molecule has 1 amide bonds. The molecule has 1 saturated heterocycles. The molecule has 1 atom stereocenters. The van der Waals surface area contributed by atoms with Gasteiger partial charge in [-0.3, -0.25) is 9.59 Å². The first-order valence-corrected chi connectivity index (χ1v) is 12.7. The number of carbonyl (C=O) groups is 2. The second-order valence-electron chi connectivity index (χ2n) is 8.00. The van der Waals surface area contributed by atoms with Crippen molar-refractivity contribution in [1.82, 2.24) is 9.21 Å². The lowest BCUT2D eigenvalue weighted by Gasteiger charge is -2.25. The zero-order valence-corrected chi connectivity index (χ0v) is 20.7. The highest BCUT2D eigenvalue weighted by molar-refractivity contribution is 7.89. The molecule has 0 aliphatic carbocycles. The molecule has 1 unspecified atom stereocenters. The van der Waals surface area contributed by atoms with E-state index in [0.29, 0.717) is 31.7 Å². The van der Waals surface area contributed by atoms with Gasteiger partial charge in [0.15, 0.2) is 0 Å². The van der Waals surface area contributed by atoms with Gasteiger partial charge in [-0.2, -0.15) is 4.31 Å². The highest BCUT2D eigenvalue weighted by Crippen LogP contribution is 2.39. The number of aliphatic hydroxyl groups excluding tert-OH is 1. The first-order valence-electron chi connectivity index (χ1n) is 11.3. The van der Waals surface area contributed by atoms with Crippen LogP contribution in [0.4, 0.5) is 4.39 Å². The van der Waals surface area contributed by atoms with Crippen LogP contribution < -0.4 is 0 Å². The average Bonchev–Trinajstić information content (AvgIpc) is 3.10. The Morgan fingerprint density at radius 2 is 1.66 bits per heavy atom. The number of sulfonamides is 1. The summed E-state index contributed by atoms with van der Waals surface area (Å²) in [6.07, 6.45) is 0.458. The van der Waals surface area contributed by atoms with Crippen molar-refractivity contribution in [2.75, 3.05) is 33.4 Å². The standard InChI is InChI=1S/C25H29FN2O6S/c1-4-27(5-2)35(32,33)20-13-9-18(10-14-20)23(29)21-22(17-7-11-19(26)12-8-17)28(15-6-16-34-3)25(31)24(21)30/h7-14,22,29H,4-6,15-16H2,1-3H3. The number of ether oxygens (including phenoxy) is 1. The van der Waals surface area contributed by atoms with Gasteiger partial charge in [0, 0.05) is 38.9 Å². The predicted octanol–water partition coefficient (Wildman–Crippen LogP) is 3.31. The lowest BCUT2D eigenvalue weighted by atomic mass is 9.95. The third kappa shape index (κ3) is 5.29. The fourth-order valence-electron chi connectivity index (χ4n) is 4.13. The van der Waals surface area contributed by atoms with Crippen LogP contribution in [0.1, 0.15) is 37.4 Å². The van der Waals surface area contributed by atoms with Gasteiger partial charge in [-0.15, -0.1) is 0 Å². The topological polar surface area (TPSA) is 104 Å². The summed E-state index contributed by atoms with van der Waals surface area (Å²) in [5.41, 5.74) is 0.508. The number of halogens is 1. The Hall–Kier alpha value is -3.08. The van der Waals surface area contributed by atoms with Crippen LogP contribution >= 0.6 is 0 Å². The Balaban J connectivity index is 2.07. The Morgan fingerprint density at radius 1 is 1.06 bits per heavy atom. The minimum absolute atomic E-state index is 0.0489. The van der Waals surface area contributed by atoms with Crippen molar-refractivity contribution >= 4 is 27.5 Å². The largest absolute Gasteiger partial charge is 0.507 e. The van der Waals surface area contributed by atoms with Crippen LogP contribution in [0.25, 0.3) is 5.76 Å². The van der Waals surface area contributed by atoms with Gasteiger partial charge >= 0.3 is 0 Å². The summed E-state index contributed by atoms with van der Waals surface area (Å²) in [7, 11) is -2.18. The number of Topliss-reactive ketones (excluding diaryl/α,β-unsaturated/α-hetero) is 1. The summed E-state index contributed by atoms with van der Waals surface area (Å²) in [6, 6.07) is 9.93. The second-order valence-corrected chi connectivity index (χ2v) is 9.94. The summed E-state index contributed by atoms with van der Waals surface area (Å²) in [5.74, 6) is -2.56. The second kappa shape index (κ2) is 11.1. The Bertz CT molecular complexity index is 1210. The van der Waals surface area contributed by atoms with Crippen molar-refractivity contribution in [2.24, 2.45) is 0 Å². The van der Waals surface area contributed by atoms with Gasteiger partial charge in [0.25, 0.3) is 11.7 Å². The third-order valence-corrected chi connectivity index (χ3v) is 8.01. The van der Waals surface area contributed by atoms with E-state index in [1.54, 1.807) is 13.8 Å². The molecular formula is C25H29FN2O6S. The van der Waals surface area contributed by atoms with Crippen molar-refractivity contribution < 1.29 is 32.2 Å². The molecule has 0 aromatic heterocycles. The number of hydrogen-bond acceptors (Lipinski definition) is 6. The normalized spacial score (nSPS) is 18.0. The lowest BCUT2D eigenvalue weighted by molar-refractivity contribution is -0.140. The number of carbonyl (C=O) groups excluding carboxylic acids is 2. The number of hydrogen-bond donors (Lipinski definition) is 1. The highest BCUT2D eigenvalue weighted by atomic mass is 32.2. The number of aliphatic hydroxyl groups is 1. The quantitative estimate of drug-likeness (QED) is 0.230. The molecule has 0 spiro atoms. The summed E-state index contributed by atoms with van der Waals surface area (Å²) >= 11 is 0. The van der Waals surface area contributed by atoms with Gasteiger partial charge in [-0.05, 0) is 48.4 Å². The average molecular weight is 505 g/mol. The van der Waals surface area contributed by atoms with Gasteiger partial charge in [0.1, 0.15) is 11.6 Å². The molecular weight excluding hydrogens is 475 g/mol. The molecule has 35 heavy (non-hydrogen) atoms. The molecule has 188 valence electrons. The fourth-order valence-corrected chi connectivity index (χ4v) is 5.59. The lowest BCUT2D eigenvalue weighted by Crippen LogP contribution is -2.31. The Morgan fingerprint density at radius 3 is 2.20 bits per heavy atom. The maximum Gasteiger partial charge on any atom is 0.295 e. The van der Waals surface area contributed by atoms with Crippen LogP contribution in [0.2, 0.25) is 0 Å². The van der Waals surface area contributed by atoms with Crippen LogP contribution in [0.15, 0.2) is 59.0 Å². The van der Waals surface area contributed by atoms with Crippen molar-refractivity contribution in [3.05, 3.63) is 71.0 Å². The van der Waals surface area contributed by atoms with Crippen LogP contribution in [0, 0.1) is 5.82 Å². The Kier molecular flexibility index (Phi) is 8.42. The minimum Gasteiger partial charge on any atom is -0.507 e. The molecule has 1 aliphatic rings. The molecule has 2 aromatic carbocycles. The van der Waals surface area contributed by atoms with Crippen molar-refractivity contribution in [3.63, 3.8) is 0 Å². The number of benzene rings is 2. The molecule has 0 bridgehead atoms. The minimum atomic E-state index is -3.70. The molecule has 2 aromatic rings. The predicted molar refractivity (Wildman–Crippen MR) is 128 cm³/mol. The van der Waals surface area contributed by atoms with E-state index in [2.05, 4.69) is 0 Å². The fraction of sp³-hybridized carbons (Fsp3) is 0.360. The smallest absolute Gasteiger partial charge is 0.295 e. The zero-order chi connectivity index (χ0) is 25.8. The van der Waals surface area contributed by atoms with Gasteiger partial charge in [0.2, 0.25) is 10.0 Å². The summed E-state index contributed by atoms with van der Waals surface area (Å²) < 4.78 is 45.4. The van der Waals surface area contributed by atoms with E-state index in [9.17, 15) is 27.5 Å².